The maximum absolute atomic E-state index is 13.5. The van der Waals surface area contributed by atoms with Gasteiger partial charge in [0.15, 0.2) is 5.13 Å². The highest BCUT2D eigenvalue weighted by Crippen LogP contribution is 2.44. The molecule has 0 bridgehead atoms. The molecule has 1 aliphatic rings. The zero-order valence-corrected chi connectivity index (χ0v) is 23.0. The fourth-order valence-electron chi connectivity index (χ4n) is 4.24. The lowest BCUT2D eigenvalue weighted by Crippen LogP contribution is -2.29. The quantitative estimate of drug-likeness (QED) is 0.154. The van der Waals surface area contributed by atoms with Crippen LogP contribution in [0.1, 0.15) is 59.7 Å². The second-order valence-electron chi connectivity index (χ2n) is 8.68. The molecule has 2 aromatic carbocycles. The summed E-state index contributed by atoms with van der Waals surface area (Å²) in [6.07, 6.45) is 0.801. The Hall–Kier alpha value is -4.18. The van der Waals surface area contributed by atoms with Gasteiger partial charge in [-0.15, -0.1) is 0 Å². The van der Waals surface area contributed by atoms with Gasteiger partial charge >= 0.3 is 11.9 Å². The number of ether oxygens (including phenoxy) is 3. The number of hydrogen-bond acceptors (Lipinski definition) is 9. The Kier molecular flexibility index (Phi) is 8.65. The third-order valence-electron chi connectivity index (χ3n) is 5.98. The van der Waals surface area contributed by atoms with Gasteiger partial charge < -0.3 is 19.3 Å². The molecular formula is C29H30N2O7S. The SMILES string of the molecule is CCCOc1cccc(C2/C(=C(\O)c3ccc(OCC)cc3)C(=O)C(=O)N2c2nc(C)c(C(=O)OCC)s2)c1. The molecule has 1 unspecified atom stereocenters. The molecule has 2 heterocycles. The van der Waals surface area contributed by atoms with E-state index in [1.165, 1.54) is 4.90 Å². The molecule has 1 saturated heterocycles. The smallest absolute Gasteiger partial charge is 0.350 e. The van der Waals surface area contributed by atoms with Gasteiger partial charge in [0.25, 0.3) is 5.78 Å². The van der Waals surface area contributed by atoms with Crippen molar-refractivity contribution in [3.8, 4) is 11.5 Å². The number of ketones is 1. The summed E-state index contributed by atoms with van der Waals surface area (Å²) in [5.41, 5.74) is 1.17. The van der Waals surface area contributed by atoms with Crippen LogP contribution in [-0.2, 0) is 14.3 Å². The first-order chi connectivity index (χ1) is 18.8. The molecule has 204 valence electrons. The molecule has 0 spiro atoms. The molecule has 1 N–H and O–H groups in total. The van der Waals surface area contributed by atoms with Crippen molar-refractivity contribution in [2.75, 3.05) is 24.7 Å². The van der Waals surface area contributed by atoms with E-state index in [9.17, 15) is 19.5 Å². The van der Waals surface area contributed by atoms with Crippen LogP contribution < -0.4 is 14.4 Å². The van der Waals surface area contributed by atoms with Crippen LogP contribution in [0.25, 0.3) is 5.76 Å². The largest absolute Gasteiger partial charge is 0.507 e. The van der Waals surface area contributed by atoms with E-state index in [1.54, 1.807) is 62.4 Å². The van der Waals surface area contributed by atoms with E-state index in [0.717, 1.165) is 17.8 Å². The van der Waals surface area contributed by atoms with Crippen LogP contribution in [0.3, 0.4) is 0 Å². The number of amides is 1. The standard InChI is InChI=1S/C29H30N2O7S/c1-5-15-38-21-10-8-9-19(16-21)23-22(24(32)18-11-13-20(14-12-18)36-6-2)25(33)27(34)31(23)29-30-17(4)26(39-29)28(35)37-7-3/h8-14,16,23,32H,5-7,15H2,1-4H3/b24-22+. The predicted molar refractivity (Wildman–Crippen MR) is 147 cm³/mol. The van der Waals surface area contributed by atoms with Crippen molar-refractivity contribution in [1.29, 1.82) is 0 Å². The molecule has 0 radical (unpaired) electrons. The van der Waals surface area contributed by atoms with Crippen molar-refractivity contribution in [2.24, 2.45) is 0 Å². The van der Waals surface area contributed by atoms with Crippen molar-refractivity contribution >= 4 is 39.9 Å². The van der Waals surface area contributed by atoms with Crippen molar-refractivity contribution in [1.82, 2.24) is 4.98 Å². The number of Topliss-reactive ketones (excluding diaryl/α,β-unsaturated/α-hetero) is 1. The van der Waals surface area contributed by atoms with Crippen molar-refractivity contribution < 1.29 is 33.7 Å². The first-order valence-electron chi connectivity index (χ1n) is 12.7. The fraction of sp³-hybridized carbons (Fsp3) is 0.310. The van der Waals surface area contributed by atoms with Crippen LogP contribution in [0.15, 0.2) is 54.1 Å². The van der Waals surface area contributed by atoms with Gasteiger partial charge in [0.1, 0.15) is 22.1 Å². The summed E-state index contributed by atoms with van der Waals surface area (Å²) < 4.78 is 16.4. The Morgan fingerprint density at radius 2 is 1.77 bits per heavy atom. The molecule has 10 heteroatoms. The molecule has 0 saturated carbocycles. The number of aliphatic hydroxyl groups excluding tert-OH is 1. The molecule has 1 atom stereocenters. The Morgan fingerprint density at radius 3 is 2.44 bits per heavy atom. The van der Waals surface area contributed by atoms with Gasteiger partial charge in [-0.3, -0.25) is 14.5 Å². The third-order valence-corrected chi connectivity index (χ3v) is 7.12. The van der Waals surface area contributed by atoms with Crippen LogP contribution in [-0.4, -0.2) is 47.6 Å². The summed E-state index contributed by atoms with van der Waals surface area (Å²) in [5.74, 6) is -1.45. The molecule has 1 aromatic heterocycles. The first-order valence-corrected chi connectivity index (χ1v) is 13.5. The molecule has 4 rings (SSSR count). The van der Waals surface area contributed by atoms with Crippen LogP contribution in [0, 0.1) is 6.92 Å². The average molecular weight is 551 g/mol. The summed E-state index contributed by atoms with van der Waals surface area (Å²) in [6, 6.07) is 12.6. The second-order valence-corrected chi connectivity index (χ2v) is 9.66. The topological polar surface area (TPSA) is 115 Å². The molecule has 1 fully saturated rings. The van der Waals surface area contributed by atoms with Crippen LogP contribution in [0.2, 0.25) is 0 Å². The van der Waals surface area contributed by atoms with E-state index in [-0.39, 0.29) is 27.9 Å². The predicted octanol–water partition coefficient (Wildman–Crippen LogP) is 5.44. The number of hydrogen-bond donors (Lipinski definition) is 1. The lowest BCUT2D eigenvalue weighted by molar-refractivity contribution is -0.132. The number of carbonyl (C=O) groups is 3. The normalized spacial score (nSPS) is 16.4. The highest BCUT2D eigenvalue weighted by Gasteiger charge is 2.48. The molecule has 0 aliphatic carbocycles. The van der Waals surface area contributed by atoms with Gasteiger partial charge in [0, 0.05) is 5.56 Å². The molecule has 9 nitrogen and oxygen atoms in total. The number of thiazole rings is 1. The molecule has 1 amide bonds. The number of aromatic nitrogens is 1. The number of rotatable bonds is 10. The van der Waals surface area contributed by atoms with Gasteiger partial charge in [-0.2, -0.15) is 0 Å². The molecule has 3 aromatic rings. The fourth-order valence-corrected chi connectivity index (χ4v) is 5.23. The number of esters is 1. The van der Waals surface area contributed by atoms with E-state index >= 15 is 0 Å². The third kappa shape index (κ3) is 5.65. The average Bonchev–Trinajstić information content (AvgIpc) is 3.44. The summed E-state index contributed by atoms with van der Waals surface area (Å²) in [4.78, 5) is 45.3. The zero-order chi connectivity index (χ0) is 28.1. The van der Waals surface area contributed by atoms with E-state index in [2.05, 4.69) is 4.98 Å². The number of nitrogens with zero attached hydrogens (tertiary/aromatic N) is 2. The minimum Gasteiger partial charge on any atom is -0.507 e. The second kappa shape index (κ2) is 12.1. The van der Waals surface area contributed by atoms with Crippen LogP contribution in [0.5, 0.6) is 11.5 Å². The van der Waals surface area contributed by atoms with Gasteiger partial charge in [0.05, 0.1) is 37.1 Å². The Bertz CT molecular complexity index is 1410. The molecular weight excluding hydrogens is 520 g/mol. The number of carbonyl (C=O) groups excluding carboxylic acids is 3. The van der Waals surface area contributed by atoms with Gasteiger partial charge in [-0.1, -0.05) is 30.4 Å². The van der Waals surface area contributed by atoms with Crippen molar-refractivity contribution in [3.63, 3.8) is 0 Å². The Morgan fingerprint density at radius 1 is 1.03 bits per heavy atom. The van der Waals surface area contributed by atoms with Gasteiger partial charge in [0.2, 0.25) is 0 Å². The van der Waals surface area contributed by atoms with E-state index in [1.807, 2.05) is 13.8 Å². The van der Waals surface area contributed by atoms with E-state index < -0.39 is 23.7 Å². The van der Waals surface area contributed by atoms with Crippen molar-refractivity contribution in [2.45, 2.75) is 40.2 Å². The molecule has 39 heavy (non-hydrogen) atoms. The lowest BCUT2D eigenvalue weighted by atomic mass is 9.95. The maximum Gasteiger partial charge on any atom is 0.350 e. The Labute approximate surface area is 230 Å². The number of anilines is 1. The zero-order valence-electron chi connectivity index (χ0n) is 22.2. The minimum absolute atomic E-state index is 0.0951. The monoisotopic (exact) mass is 550 g/mol. The minimum atomic E-state index is -1.01. The highest BCUT2D eigenvalue weighted by molar-refractivity contribution is 7.17. The van der Waals surface area contributed by atoms with E-state index in [0.29, 0.717) is 41.5 Å². The highest BCUT2D eigenvalue weighted by atomic mass is 32.1. The van der Waals surface area contributed by atoms with Crippen LogP contribution in [0.4, 0.5) is 5.13 Å². The summed E-state index contributed by atoms with van der Waals surface area (Å²) >= 11 is 0.959. The van der Waals surface area contributed by atoms with Crippen LogP contribution >= 0.6 is 11.3 Å². The summed E-state index contributed by atoms with van der Waals surface area (Å²) in [7, 11) is 0. The summed E-state index contributed by atoms with van der Waals surface area (Å²) in [6.45, 7) is 8.34. The van der Waals surface area contributed by atoms with Gasteiger partial charge in [-0.25, -0.2) is 9.78 Å². The lowest BCUT2D eigenvalue weighted by Gasteiger charge is -2.23. The van der Waals surface area contributed by atoms with E-state index in [4.69, 9.17) is 14.2 Å². The summed E-state index contributed by atoms with van der Waals surface area (Å²) in [5, 5.41) is 11.5. The number of benzene rings is 2. The molecule has 1 aliphatic heterocycles. The number of aryl methyl sites for hydroxylation is 1. The first kappa shape index (κ1) is 27.8. The number of aliphatic hydroxyl groups is 1. The van der Waals surface area contributed by atoms with Crippen molar-refractivity contribution in [3.05, 3.63) is 75.8 Å². The van der Waals surface area contributed by atoms with Gasteiger partial charge in [-0.05, 0) is 69.2 Å². The maximum atomic E-state index is 13.5. The Balaban J connectivity index is 1.87.